The molecular formula is C26H28O. The zero-order chi connectivity index (χ0) is 19.3. The maximum Gasteiger partial charge on any atom is 0.126 e. The Morgan fingerprint density at radius 1 is 0.593 bits per heavy atom. The molecule has 0 aliphatic carbocycles. The Morgan fingerprint density at radius 2 is 0.963 bits per heavy atom. The molecule has 0 saturated carbocycles. The number of allylic oxidation sites excluding steroid dienone is 1. The fraction of sp³-hybridized carbons (Fsp3) is 0.231. The quantitative estimate of drug-likeness (QED) is 0.436. The van der Waals surface area contributed by atoms with E-state index in [1.807, 2.05) is 36.6 Å². The fourth-order valence-electron chi connectivity index (χ4n) is 3.72. The molecule has 0 aliphatic rings. The SMILES string of the molecule is CC(C)(C(=COc1ccccc1)C(C)(C)c1ccccc1)c1ccccc1. The third kappa shape index (κ3) is 4.14. The lowest BCUT2D eigenvalue weighted by atomic mass is 9.65. The zero-order valence-corrected chi connectivity index (χ0v) is 16.6. The summed E-state index contributed by atoms with van der Waals surface area (Å²) in [6, 6.07) is 31.2. The van der Waals surface area contributed by atoms with Gasteiger partial charge in [0.05, 0.1) is 6.26 Å². The first kappa shape index (κ1) is 19.0. The fourth-order valence-corrected chi connectivity index (χ4v) is 3.72. The smallest absolute Gasteiger partial charge is 0.126 e. The Balaban J connectivity index is 2.09. The van der Waals surface area contributed by atoms with Crippen LogP contribution in [0.5, 0.6) is 5.75 Å². The lowest BCUT2D eigenvalue weighted by Crippen LogP contribution is -2.34. The summed E-state index contributed by atoms with van der Waals surface area (Å²) in [7, 11) is 0. The van der Waals surface area contributed by atoms with E-state index in [2.05, 4.69) is 88.4 Å². The van der Waals surface area contributed by atoms with E-state index in [0.717, 1.165) is 5.75 Å². The highest BCUT2D eigenvalue weighted by atomic mass is 16.5. The molecule has 0 fully saturated rings. The highest BCUT2D eigenvalue weighted by Crippen LogP contribution is 2.44. The lowest BCUT2D eigenvalue weighted by molar-refractivity contribution is 0.415. The Kier molecular flexibility index (Phi) is 5.51. The van der Waals surface area contributed by atoms with Crippen molar-refractivity contribution >= 4 is 0 Å². The highest BCUT2D eigenvalue weighted by molar-refractivity contribution is 5.44. The van der Waals surface area contributed by atoms with Gasteiger partial charge in [0.25, 0.3) is 0 Å². The summed E-state index contributed by atoms with van der Waals surface area (Å²) in [5, 5.41) is 0. The Morgan fingerprint density at radius 3 is 1.37 bits per heavy atom. The number of hydrogen-bond donors (Lipinski definition) is 0. The molecule has 0 aromatic heterocycles. The van der Waals surface area contributed by atoms with Crippen molar-refractivity contribution in [1.82, 2.24) is 0 Å². The molecule has 3 rings (SSSR count). The van der Waals surface area contributed by atoms with Crippen molar-refractivity contribution in [1.29, 1.82) is 0 Å². The number of ether oxygens (including phenoxy) is 1. The molecule has 0 unspecified atom stereocenters. The molecular weight excluding hydrogens is 328 g/mol. The molecule has 3 aromatic carbocycles. The Labute approximate surface area is 163 Å². The van der Waals surface area contributed by atoms with E-state index in [4.69, 9.17) is 4.74 Å². The van der Waals surface area contributed by atoms with E-state index >= 15 is 0 Å². The average molecular weight is 357 g/mol. The summed E-state index contributed by atoms with van der Waals surface area (Å²) in [5.41, 5.74) is 3.41. The van der Waals surface area contributed by atoms with Gasteiger partial charge in [0.1, 0.15) is 5.75 Å². The van der Waals surface area contributed by atoms with Crippen LogP contribution in [0.1, 0.15) is 38.8 Å². The second kappa shape index (κ2) is 7.84. The summed E-state index contributed by atoms with van der Waals surface area (Å²) in [5.74, 6) is 0.850. The Bertz CT molecular complexity index is 822. The minimum atomic E-state index is -0.185. The van der Waals surface area contributed by atoms with E-state index in [0.29, 0.717) is 0 Å². The molecule has 138 valence electrons. The first-order chi connectivity index (χ1) is 12.9. The lowest BCUT2D eigenvalue weighted by Gasteiger charge is -2.39. The normalized spacial score (nSPS) is 11.7. The van der Waals surface area contributed by atoms with Gasteiger partial charge >= 0.3 is 0 Å². The van der Waals surface area contributed by atoms with Gasteiger partial charge < -0.3 is 4.74 Å². The first-order valence-electron chi connectivity index (χ1n) is 9.46. The molecule has 0 bridgehead atoms. The minimum Gasteiger partial charge on any atom is -0.465 e. The van der Waals surface area contributed by atoms with Gasteiger partial charge in [-0.25, -0.2) is 0 Å². The van der Waals surface area contributed by atoms with Crippen molar-refractivity contribution in [2.24, 2.45) is 0 Å². The van der Waals surface area contributed by atoms with E-state index < -0.39 is 0 Å². The molecule has 1 nitrogen and oxygen atoms in total. The zero-order valence-electron chi connectivity index (χ0n) is 16.6. The molecule has 0 amide bonds. The summed E-state index contributed by atoms with van der Waals surface area (Å²) < 4.78 is 6.12. The summed E-state index contributed by atoms with van der Waals surface area (Å²) in [6.45, 7) is 9.08. The summed E-state index contributed by atoms with van der Waals surface area (Å²) in [4.78, 5) is 0. The molecule has 0 radical (unpaired) electrons. The summed E-state index contributed by atoms with van der Waals surface area (Å²) >= 11 is 0. The van der Waals surface area contributed by atoms with Gasteiger partial charge in [-0.2, -0.15) is 0 Å². The molecule has 3 aromatic rings. The molecule has 0 aliphatic heterocycles. The van der Waals surface area contributed by atoms with Gasteiger partial charge in [-0.3, -0.25) is 0 Å². The van der Waals surface area contributed by atoms with Crippen LogP contribution in [0.2, 0.25) is 0 Å². The van der Waals surface area contributed by atoms with Crippen LogP contribution in [0, 0.1) is 0 Å². The van der Waals surface area contributed by atoms with Crippen LogP contribution in [-0.2, 0) is 10.8 Å². The van der Waals surface area contributed by atoms with Gasteiger partial charge in [0, 0.05) is 10.8 Å². The second-order valence-corrected chi connectivity index (χ2v) is 7.94. The van der Waals surface area contributed by atoms with E-state index in [-0.39, 0.29) is 10.8 Å². The third-order valence-corrected chi connectivity index (χ3v) is 5.39. The van der Waals surface area contributed by atoms with Gasteiger partial charge in [-0.1, -0.05) is 107 Å². The maximum absolute atomic E-state index is 6.12. The van der Waals surface area contributed by atoms with Crippen LogP contribution < -0.4 is 4.74 Å². The number of benzene rings is 3. The van der Waals surface area contributed by atoms with Crippen LogP contribution in [0.25, 0.3) is 0 Å². The second-order valence-electron chi connectivity index (χ2n) is 7.94. The van der Waals surface area contributed by atoms with Gasteiger partial charge in [0.15, 0.2) is 0 Å². The molecule has 0 heterocycles. The molecule has 27 heavy (non-hydrogen) atoms. The highest BCUT2D eigenvalue weighted by Gasteiger charge is 2.37. The van der Waals surface area contributed by atoms with Crippen molar-refractivity contribution in [2.45, 2.75) is 38.5 Å². The average Bonchev–Trinajstić information content (AvgIpc) is 2.70. The Hall–Kier alpha value is -2.80. The van der Waals surface area contributed by atoms with Gasteiger partial charge in [-0.05, 0) is 28.8 Å². The van der Waals surface area contributed by atoms with E-state index in [1.165, 1.54) is 16.7 Å². The number of para-hydroxylation sites is 1. The number of hydrogen-bond acceptors (Lipinski definition) is 1. The van der Waals surface area contributed by atoms with E-state index in [1.54, 1.807) is 0 Å². The minimum absolute atomic E-state index is 0.185. The maximum atomic E-state index is 6.12. The monoisotopic (exact) mass is 356 g/mol. The van der Waals surface area contributed by atoms with Crippen LogP contribution in [0.15, 0.2) is 103 Å². The van der Waals surface area contributed by atoms with Crippen molar-refractivity contribution in [3.63, 3.8) is 0 Å². The predicted molar refractivity (Wildman–Crippen MR) is 114 cm³/mol. The molecule has 1 heteroatoms. The molecule has 0 N–H and O–H groups in total. The van der Waals surface area contributed by atoms with E-state index in [9.17, 15) is 0 Å². The van der Waals surface area contributed by atoms with Gasteiger partial charge in [0.2, 0.25) is 0 Å². The van der Waals surface area contributed by atoms with Crippen LogP contribution >= 0.6 is 0 Å². The topological polar surface area (TPSA) is 9.23 Å². The van der Waals surface area contributed by atoms with Crippen LogP contribution in [-0.4, -0.2) is 0 Å². The van der Waals surface area contributed by atoms with Crippen LogP contribution in [0.3, 0.4) is 0 Å². The van der Waals surface area contributed by atoms with Crippen molar-refractivity contribution < 1.29 is 4.74 Å². The molecule has 0 atom stereocenters. The summed E-state index contributed by atoms with van der Waals surface area (Å²) in [6.07, 6.45) is 1.95. The predicted octanol–water partition coefficient (Wildman–Crippen LogP) is 6.90. The third-order valence-electron chi connectivity index (χ3n) is 5.39. The van der Waals surface area contributed by atoms with Crippen LogP contribution in [0.4, 0.5) is 0 Å². The molecule has 0 spiro atoms. The molecule has 0 saturated heterocycles. The first-order valence-corrected chi connectivity index (χ1v) is 9.46. The van der Waals surface area contributed by atoms with Crippen molar-refractivity contribution in [3.8, 4) is 5.75 Å². The van der Waals surface area contributed by atoms with Crippen molar-refractivity contribution in [2.75, 3.05) is 0 Å². The largest absolute Gasteiger partial charge is 0.465 e. The standard InChI is InChI=1S/C26H28O/c1-25(2,21-14-8-5-9-15-21)24(20-27-23-18-12-7-13-19-23)26(3,4)22-16-10-6-11-17-22/h5-20H,1-4H3. The number of rotatable bonds is 6. The van der Waals surface area contributed by atoms with Gasteiger partial charge in [-0.15, -0.1) is 0 Å². The van der Waals surface area contributed by atoms with Crippen molar-refractivity contribution in [3.05, 3.63) is 114 Å².